The van der Waals surface area contributed by atoms with Gasteiger partial charge in [-0.15, -0.1) is 0 Å². The van der Waals surface area contributed by atoms with Gasteiger partial charge in [-0.2, -0.15) is 13.2 Å². The van der Waals surface area contributed by atoms with Gasteiger partial charge >= 0.3 is 6.18 Å². The van der Waals surface area contributed by atoms with Gasteiger partial charge in [0.1, 0.15) is 5.78 Å². The Hall–Kier alpha value is -1.07. The maximum absolute atomic E-state index is 13.0. The number of carbonyl (C=O) groups is 1. The van der Waals surface area contributed by atoms with Crippen LogP contribution in [0, 0.1) is 5.92 Å². The van der Waals surface area contributed by atoms with Crippen molar-refractivity contribution in [3.63, 3.8) is 0 Å². The van der Waals surface area contributed by atoms with Crippen molar-refractivity contribution in [3.8, 4) is 0 Å². The van der Waals surface area contributed by atoms with Crippen LogP contribution in [-0.2, 0) is 11.0 Å². The summed E-state index contributed by atoms with van der Waals surface area (Å²) >= 11 is 5.63. The summed E-state index contributed by atoms with van der Waals surface area (Å²) in [6.45, 7) is 7.62. The number of ketones is 1. The third kappa shape index (κ3) is 4.99. The van der Waals surface area contributed by atoms with Gasteiger partial charge in [-0.1, -0.05) is 45.4 Å². The van der Waals surface area contributed by atoms with E-state index in [9.17, 15) is 18.0 Å². The summed E-state index contributed by atoms with van der Waals surface area (Å²) in [6, 6.07) is 3.81. The Morgan fingerprint density at radius 2 is 1.82 bits per heavy atom. The third-order valence-corrected chi connectivity index (χ3v) is 3.67. The molecule has 22 heavy (non-hydrogen) atoms. The minimum atomic E-state index is -4.54. The van der Waals surface area contributed by atoms with Crippen LogP contribution in [0.1, 0.15) is 44.7 Å². The summed E-state index contributed by atoms with van der Waals surface area (Å²) in [7, 11) is 0. The van der Waals surface area contributed by atoms with Crippen LogP contribution in [0.15, 0.2) is 18.2 Å². The molecule has 1 N–H and O–H groups in total. The molecule has 0 fully saturated rings. The highest BCUT2D eigenvalue weighted by Gasteiger charge is 2.34. The van der Waals surface area contributed by atoms with Crippen LogP contribution in [0.3, 0.4) is 0 Å². The molecule has 0 spiro atoms. The Bertz CT molecular complexity index is 527. The van der Waals surface area contributed by atoms with E-state index in [0.29, 0.717) is 12.1 Å². The molecule has 6 heteroatoms. The Kier molecular flexibility index (Phi) is 6.44. The molecule has 0 bridgehead atoms. The van der Waals surface area contributed by atoms with Crippen molar-refractivity contribution in [2.45, 2.75) is 45.8 Å². The van der Waals surface area contributed by atoms with E-state index in [1.165, 1.54) is 12.1 Å². The van der Waals surface area contributed by atoms with E-state index in [1.807, 2.05) is 13.8 Å². The third-order valence-electron chi connectivity index (χ3n) is 3.34. The normalized spacial score (nSPS) is 13.7. The summed E-state index contributed by atoms with van der Waals surface area (Å²) in [5, 5.41) is 2.76. The van der Waals surface area contributed by atoms with Crippen molar-refractivity contribution in [1.82, 2.24) is 5.32 Å². The smallest absolute Gasteiger partial charge is 0.313 e. The Labute approximate surface area is 134 Å². The van der Waals surface area contributed by atoms with Gasteiger partial charge < -0.3 is 5.32 Å². The molecule has 0 amide bonds. The highest BCUT2D eigenvalue weighted by atomic mass is 35.5. The summed E-state index contributed by atoms with van der Waals surface area (Å²) in [6.07, 6.45) is -4.54. The van der Waals surface area contributed by atoms with Gasteiger partial charge in [0.2, 0.25) is 0 Å². The number of nitrogens with one attached hydrogen (secondary N) is 1. The zero-order valence-electron chi connectivity index (χ0n) is 13.1. The topological polar surface area (TPSA) is 29.1 Å². The van der Waals surface area contributed by atoms with Crippen molar-refractivity contribution in [2.24, 2.45) is 5.92 Å². The molecule has 124 valence electrons. The quantitative estimate of drug-likeness (QED) is 0.818. The van der Waals surface area contributed by atoms with E-state index >= 15 is 0 Å². The molecular weight excluding hydrogens is 315 g/mol. The maximum atomic E-state index is 13.0. The van der Waals surface area contributed by atoms with Gasteiger partial charge in [-0.3, -0.25) is 4.79 Å². The average molecular weight is 336 g/mol. The lowest BCUT2D eigenvalue weighted by Gasteiger charge is -2.22. The van der Waals surface area contributed by atoms with Crippen LogP contribution in [-0.4, -0.2) is 18.4 Å². The lowest BCUT2D eigenvalue weighted by molar-refractivity contribution is -0.137. The molecule has 1 aromatic carbocycles. The van der Waals surface area contributed by atoms with Gasteiger partial charge in [-0.05, 0) is 17.7 Å². The molecule has 0 aromatic heterocycles. The second-order valence-electron chi connectivity index (χ2n) is 5.91. The molecule has 0 aliphatic carbocycles. The van der Waals surface area contributed by atoms with E-state index in [1.54, 1.807) is 13.8 Å². The number of carbonyl (C=O) groups excluding carboxylic acids is 1. The first-order valence-corrected chi connectivity index (χ1v) is 7.55. The predicted octanol–water partition coefficient (Wildman–Crippen LogP) is 4.67. The number of hydrogen-bond acceptors (Lipinski definition) is 2. The zero-order chi connectivity index (χ0) is 17.1. The molecule has 0 unspecified atom stereocenters. The lowest BCUT2D eigenvalue weighted by Crippen LogP contribution is -2.33. The van der Waals surface area contributed by atoms with Crippen LogP contribution in [0.25, 0.3) is 0 Å². The van der Waals surface area contributed by atoms with E-state index < -0.39 is 17.7 Å². The molecule has 0 aliphatic rings. The highest BCUT2D eigenvalue weighted by Crippen LogP contribution is 2.36. The SMILES string of the molecule is CC(C)NC[C@@H](C(=O)C(C)C)c1ccc(Cl)c(C(F)(F)F)c1. The molecule has 0 heterocycles. The Morgan fingerprint density at radius 1 is 1.23 bits per heavy atom. The number of hydrogen-bond donors (Lipinski definition) is 1. The molecule has 1 atom stereocenters. The first-order valence-electron chi connectivity index (χ1n) is 7.17. The summed E-state index contributed by atoms with van der Waals surface area (Å²) in [5.41, 5.74) is -0.568. The first kappa shape index (κ1) is 19.0. The predicted molar refractivity (Wildman–Crippen MR) is 82.2 cm³/mol. The minimum absolute atomic E-state index is 0.0939. The molecule has 0 saturated heterocycles. The standard InChI is InChI=1S/C16H21ClF3NO/c1-9(2)15(22)12(8-21-10(3)4)11-5-6-14(17)13(7-11)16(18,19)20/h5-7,9-10,12,21H,8H2,1-4H3/t12-/m1/s1. The van der Waals surface area contributed by atoms with Crippen molar-refractivity contribution < 1.29 is 18.0 Å². The lowest BCUT2D eigenvalue weighted by atomic mass is 9.87. The summed E-state index contributed by atoms with van der Waals surface area (Å²) < 4.78 is 38.9. The van der Waals surface area contributed by atoms with E-state index in [0.717, 1.165) is 6.07 Å². The van der Waals surface area contributed by atoms with Gasteiger partial charge in [0, 0.05) is 18.5 Å². The van der Waals surface area contributed by atoms with Crippen molar-refractivity contribution >= 4 is 17.4 Å². The first-order chi connectivity index (χ1) is 10.0. The average Bonchev–Trinajstić information content (AvgIpc) is 2.38. The highest BCUT2D eigenvalue weighted by molar-refractivity contribution is 6.31. The van der Waals surface area contributed by atoms with Crippen LogP contribution in [0.5, 0.6) is 0 Å². The fraction of sp³-hybridized carbons (Fsp3) is 0.562. The van der Waals surface area contributed by atoms with Gasteiger partial charge in [-0.25, -0.2) is 0 Å². The molecular formula is C16H21ClF3NO. The number of alkyl halides is 3. The monoisotopic (exact) mass is 335 g/mol. The van der Waals surface area contributed by atoms with Crippen LogP contribution in [0.2, 0.25) is 5.02 Å². The molecule has 1 rings (SSSR count). The molecule has 1 aromatic rings. The van der Waals surface area contributed by atoms with Gasteiger partial charge in [0.15, 0.2) is 0 Å². The second-order valence-corrected chi connectivity index (χ2v) is 6.32. The van der Waals surface area contributed by atoms with E-state index in [-0.39, 0.29) is 22.8 Å². The van der Waals surface area contributed by atoms with Crippen molar-refractivity contribution in [2.75, 3.05) is 6.54 Å². The molecule has 2 nitrogen and oxygen atoms in total. The Morgan fingerprint density at radius 3 is 2.27 bits per heavy atom. The van der Waals surface area contributed by atoms with Crippen LogP contribution in [0.4, 0.5) is 13.2 Å². The molecule has 0 aliphatic heterocycles. The van der Waals surface area contributed by atoms with E-state index in [4.69, 9.17) is 11.6 Å². The zero-order valence-corrected chi connectivity index (χ0v) is 13.8. The van der Waals surface area contributed by atoms with Crippen LogP contribution < -0.4 is 5.32 Å². The summed E-state index contributed by atoms with van der Waals surface area (Å²) in [4.78, 5) is 12.3. The number of Topliss-reactive ketones (excluding diaryl/α,β-unsaturated/α-hetero) is 1. The molecule has 0 saturated carbocycles. The summed E-state index contributed by atoms with van der Waals surface area (Å²) in [5.74, 6) is -0.978. The largest absolute Gasteiger partial charge is 0.417 e. The van der Waals surface area contributed by atoms with Crippen molar-refractivity contribution in [1.29, 1.82) is 0 Å². The van der Waals surface area contributed by atoms with E-state index in [2.05, 4.69) is 5.32 Å². The minimum Gasteiger partial charge on any atom is -0.313 e. The van der Waals surface area contributed by atoms with Gasteiger partial charge in [0.05, 0.1) is 16.5 Å². The number of rotatable bonds is 6. The fourth-order valence-corrected chi connectivity index (χ4v) is 2.34. The number of benzene rings is 1. The van der Waals surface area contributed by atoms with Crippen LogP contribution >= 0.6 is 11.6 Å². The number of halogens is 4. The van der Waals surface area contributed by atoms with Crippen molar-refractivity contribution in [3.05, 3.63) is 34.3 Å². The van der Waals surface area contributed by atoms with Gasteiger partial charge in [0.25, 0.3) is 0 Å². The maximum Gasteiger partial charge on any atom is 0.417 e. The second kappa shape index (κ2) is 7.47. The molecule has 0 radical (unpaired) electrons. The Balaban J connectivity index is 3.22. The fourth-order valence-electron chi connectivity index (χ4n) is 2.12.